The second-order valence-corrected chi connectivity index (χ2v) is 5.83. The van der Waals surface area contributed by atoms with Crippen LogP contribution in [0.2, 0.25) is 0 Å². The lowest BCUT2D eigenvalue weighted by Gasteiger charge is -2.37. The Morgan fingerprint density at radius 1 is 1.47 bits per heavy atom. The summed E-state index contributed by atoms with van der Waals surface area (Å²) in [6.45, 7) is 3.11. The molecule has 1 aliphatic carbocycles. The van der Waals surface area contributed by atoms with Crippen LogP contribution < -0.4 is 5.32 Å². The van der Waals surface area contributed by atoms with E-state index in [-0.39, 0.29) is 18.5 Å². The third-order valence-electron chi connectivity index (χ3n) is 4.54. The van der Waals surface area contributed by atoms with Crippen molar-refractivity contribution < 1.29 is 19.8 Å². The molecule has 2 unspecified atom stereocenters. The molecule has 3 N–H and O–H groups in total. The van der Waals surface area contributed by atoms with Crippen LogP contribution in [0.1, 0.15) is 32.6 Å². The zero-order valence-electron chi connectivity index (χ0n) is 11.3. The van der Waals surface area contributed by atoms with E-state index >= 15 is 0 Å². The van der Waals surface area contributed by atoms with Crippen molar-refractivity contribution in [3.05, 3.63) is 0 Å². The molecule has 6 nitrogen and oxygen atoms in total. The fourth-order valence-electron chi connectivity index (χ4n) is 2.79. The Bertz CT molecular complexity index is 366. The van der Waals surface area contributed by atoms with Crippen molar-refractivity contribution in [3.63, 3.8) is 0 Å². The number of likely N-dealkylation sites (tertiary alicyclic amines) is 1. The average Bonchev–Trinajstić information content (AvgIpc) is 2.75. The summed E-state index contributed by atoms with van der Waals surface area (Å²) in [6, 6.07) is -0.212. The molecule has 0 aromatic rings. The highest BCUT2D eigenvalue weighted by atomic mass is 16.4. The Hall–Kier alpha value is -1.30. The third kappa shape index (κ3) is 2.83. The summed E-state index contributed by atoms with van der Waals surface area (Å²) in [6.07, 6.45) is 2.58. The normalized spacial score (nSPS) is 26.6. The molecule has 2 atom stereocenters. The minimum absolute atomic E-state index is 0.128. The molecule has 0 bridgehead atoms. The van der Waals surface area contributed by atoms with E-state index in [0.717, 1.165) is 12.8 Å². The van der Waals surface area contributed by atoms with Crippen molar-refractivity contribution in [1.82, 2.24) is 10.2 Å². The lowest BCUT2D eigenvalue weighted by atomic mass is 9.69. The van der Waals surface area contributed by atoms with Gasteiger partial charge in [-0.1, -0.05) is 6.42 Å². The second kappa shape index (κ2) is 5.36. The summed E-state index contributed by atoms with van der Waals surface area (Å²) < 4.78 is 0. The number of amides is 2. The number of aliphatic hydroxyl groups is 1. The molecular formula is C13H22N2O4. The van der Waals surface area contributed by atoms with Crippen molar-refractivity contribution in [3.8, 4) is 0 Å². The van der Waals surface area contributed by atoms with Gasteiger partial charge >= 0.3 is 12.0 Å². The number of rotatable bonds is 4. The number of aliphatic hydroxyl groups excluding tert-OH is 1. The number of carboxylic acids is 1. The zero-order chi connectivity index (χ0) is 14.0. The summed E-state index contributed by atoms with van der Waals surface area (Å²) in [4.78, 5) is 24.8. The van der Waals surface area contributed by atoms with E-state index in [1.807, 2.05) is 0 Å². The van der Waals surface area contributed by atoms with Crippen LogP contribution in [0.3, 0.4) is 0 Å². The van der Waals surface area contributed by atoms with E-state index in [1.165, 1.54) is 0 Å². The fourth-order valence-corrected chi connectivity index (χ4v) is 2.79. The fraction of sp³-hybridized carbons (Fsp3) is 0.846. The van der Waals surface area contributed by atoms with Crippen molar-refractivity contribution in [2.45, 2.75) is 38.7 Å². The first-order chi connectivity index (χ1) is 8.94. The number of nitrogens with one attached hydrogen (secondary N) is 1. The van der Waals surface area contributed by atoms with Gasteiger partial charge in [-0.3, -0.25) is 4.79 Å². The predicted molar refractivity (Wildman–Crippen MR) is 68.7 cm³/mol. The van der Waals surface area contributed by atoms with Crippen LogP contribution in [0.5, 0.6) is 0 Å². The number of hydrogen-bond donors (Lipinski definition) is 3. The third-order valence-corrected chi connectivity index (χ3v) is 4.54. The highest BCUT2D eigenvalue weighted by molar-refractivity contribution is 5.79. The van der Waals surface area contributed by atoms with E-state index in [0.29, 0.717) is 25.9 Å². The summed E-state index contributed by atoms with van der Waals surface area (Å²) in [5.41, 5.74) is -0.751. The maximum absolute atomic E-state index is 12.0. The zero-order valence-corrected chi connectivity index (χ0v) is 11.3. The van der Waals surface area contributed by atoms with E-state index < -0.39 is 17.5 Å². The van der Waals surface area contributed by atoms with Crippen LogP contribution in [0.25, 0.3) is 0 Å². The first-order valence-electron chi connectivity index (χ1n) is 6.89. The molecule has 1 saturated heterocycles. The summed E-state index contributed by atoms with van der Waals surface area (Å²) in [7, 11) is 0. The molecule has 6 heteroatoms. The van der Waals surface area contributed by atoms with Gasteiger partial charge in [-0.15, -0.1) is 0 Å². The lowest BCUT2D eigenvalue weighted by Crippen LogP contribution is -2.50. The number of carbonyl (C=O) groups excluding carboxylic acids is 1. The molecule has 2 aliphatic rings. The molecule has 108 valence electrons. The maximum atomic E-state index is 12.0. The first kappa shape index (κ1) is 14.1. The molecule has 2 fully saturated rings. The molecule has 2 amide bonds. The Labute approximate surface area is 112 Å². The van der Waals surface area contributed by atoms with Gasteiger partial charge in [0, 0.05) is 25.6 Å². The Morgan fingerprint density at radius 2 is 2.16 bits per heavy atom. The van der Waals surface area contributed by atoms with Crippen LogP contribution in [-0.4, -0.2) is 52.9 Å². The van der Waals surface area contributed by atoms with Gasteiger partial charge in [0.05, 0.1) is 11.5 Å². The average molecular weight is 270 g/mol. The largest absolute Gasteiger partial charge is 0.481 e. The highest BCUT2D eigenvalue weighted by Crippen LogP contribution is 2.40. The first-order valence-corrected chi connectivity index (χ1v) is 6.89. The number of urea groups is 1. The molecule has 0 radical (unpaired) electrons. The van der Waals surface area contributed by atoms with Crippen molar-refractivity contribution in [1.29, 1.82) is 0 Å². The molecule has 1 saturated carbocycles. The predicted octanol–water partition coefficient (Wildman–Crippen LogP) is 0.654. The van der Waals surface area contributed by atoms with Crippen molar-refractivity contribution in [2.24, 2.45) is 11.3 Å². The number of carbonyl (C=O) groups is 2. The highest BCUT2D eigenvalue weighted by Gasteiger charge is 2.44. The topological polar surface area (TPSA) is 89.9 Å². The van der Waals surface area contributed by atoms with Crippen molar-refractivity contribution in [2.75, 3.05) is 19.6 Å². The van der Waals surface area contributed by atoms with Crippen molar-refractivity contribution >= 4 is 12.0 Å². The number of carboxylic acid groups (broad SMARTS) is 1. The minimum Gasteiger partial charge on any atom is -0.481 e. The summed E-state index contributed by atoms with van der Waals surface area (Å²) in [5.74, 6) is -0.690. The molecule has 2 rings (SSSR count). The summed E-state index contributed by atoms with van der Waals surface area (Å²) >= 11 is 0. The quantitative estimate of drug-likeness (QED) is 0.700. The van der Waals surface area contributed by atoms with Crippen LogP contribution >= 0.6 is 0 Å². The van der Waals surface area contributed by atoms with Gasteiger partial charge in [0.1, 0.15) is 0 Å². The smallest absolute Gasteiger partial charge is 0.317 e. The molecule has 0 aromatic heterocycles. The molecule has 0 aromatic carbocycles. The van der Waals surface area contributed by atoms with Gasteiger partial charge in [0.15, 0.2) is 0 Å². The standard InChI is InChI=1S/C13H22N2O4/c1-9(16)10-3-6-15(7-10)12(19)14-8-13(11(17)18)4-2-5-13/h9-10,16H,2-8H2,1H3,(H,14,19)(H,17,18). The van der Waals surface area contributed by atoms with Gasteiger partial charge in [-0.2, -0.15) is 0 Å². The Balaban J connectivity index is 1.81. The number of aliphatic carboxylic acids is 1. The molecule has 19 heavy (non-hydrogen) atoms. The summed E-state index contributed by atoms with van der Waals surface area (Å²) in [5, 5.41) is 21.4. The van der Waals surface area contributed by atoms with Crippen LogP contribution in [0.15, 0.2) is 0 Å². The molecule has 1 heterocycles. The maximum Gasteiger partial charge on any atom is 0.317 e. The molecule has 0 spiro atoms. The second-order valence-electron chi connectivity index (χ2n) is 5.83. The Morgan fingerprint density at radius 3 is 2.58 bits per heavy atom. The minimum atomic E-state index is -0.817. The van der Waals surface area contributed by atoms with Crippen LogP contribution in [0, 0.1) is 11.3 Å². The van der Waals surface area contributed by atoms with Gasteiger partial charge in [-0.25, -0.2) is 4.79 Å². The number of hydrogen-bond acceptors (Lipinski definition) is 3. The van der Waals surface area contributed by atoms with Crippen LogP contribution in [-0.2, 0) is 4.79 Å². The van der Waals surface area contributed by atoms with E-state index in [1.54, 1.807) is 11.8 Å². The van der Waals surface area contributed by atoms with Gasteiger partial charge < -0.3 is 20.4 Å². The van der Waals surface area contributed by atoms with E-state index in [4.69, 9.17) is 0 Å². The van der Waals surface area contributed by atoms with Gasteiger partial charge in [-0.05, 0) is 26.2 Å². The van der Waals surface area contributed by atoms with Gasteiger partial charge in [0.25, 0.3) is 0 Å². The van der Waals surface area contributed by atoms with E-state index in [9.17, 15) is 19.8 Å². The SMILES string of the molecule is CC(O)C1CCN(C(=O)NCC2(C(=O)O)CCC2)C1. The van der Waals surface area contributed by atoms with Crippen LogP contribution in [0.4, 0.5) is 4.79 Å². The number of nitrogens with zero attached hydrogens (tertiary/aromatic N) is 1. The monoisotopic (exact) mass is 270 g/mol. The Kier molecular flexibility index (Phi) is 3.99. The lowest BCUT2D eigenvalue weighted by molar-refractivity contribution is -0.153. The molecular weight excluding hydrogens is 248 g/mol. The van der Waals surface area contributed by atoms with Gasteiger partial charge in [0.2, 0.25) is 0 Å². The van der Waals surface area contributed by atoms with E-state index in [2.05, 4.69) is 5.32 Å². The molecule has 1 aliphatic heterocycles.